The van der Waals surface area contributed by atoms with Crippen molar-refractivity contribution in [2.75, 3.05) is 19.6 Å². The smallest absolute Gasteiger partial charge is 0.00389 e. The molecule has 0 bridgehead atoms. The van der Waals surface area contributed by atoms with E-state index >= 15 is 0 Å². The number of unbranched alkanes of at least 4 members (excludes halogenated alkanes) is 2. The Labute approximate surface area is 108 Å². The maximum Gasteiger partial charge on any atom is 0.00389 e. The third-order valence-electron chi connectivity index (χ3n) is 4.18. The predicted octanol–water partition coefficient (Wildman–Crippen LogP) is 3.32. The first-order chi connectivity index (χ1) is 8.22. The van der Waals surface area contributed by atoms with Gasteiger partial charge in [0.25, 0.3) is 0 Å². The largest absolute Gasteiger partial charge is 0.316 e. The SMILES string of the molecule is CCCCCC(C)NCC1(CCC)CCNC1. The molecule has 0 saturated carbocycles. The van der Waals surface area contributed by atoms with Crippen LogP contribution in [0.1, 0.15) is 65.7 Å². The number of rotatable bonds is 9. The highest BCUT2D eigenvalue weighted by atomic mass is 15.0. The van der Waals surface area contributed by atoms with E-state index in [1.54, 1.807) is 0 Å². The van der Waals surface area contributed by atoms with Gasteiger partial charge in [0.1, 0.15) is 0 Å². The zero-order chi connectivity index (χ0) is 12.6. The van der Waals surface area contributed by atoms with Crippen LogP contribution in [0.5, 0.6) is 0 Å². The maximum atomic E-state index is 3.77. The first-order valence-electron chi connectivity index (χ1n) is 7.66. The molecule has 2 atom stereocenters. The molecule has 0 radical (unpaired) electrons. The summed E-state index contributed by atoms with van der Waals surface area (Å²) in [5, 5.41) is 7.30. The summed E-state index contributed by atoms with van der Waals surface area (Å²) in [5.41, 5.74) is 0.549. The van der Waals surface area contributed by atoms with Gasteiger partial charge in [0, 0.05) is 19.1 Å². The summed E-state index contributed by atoms with van der Waals surface area (Å²) in [6, 6.07) is 0.691. The van der Waals surface area contributed by atoms with Crippen molar-refractivity contribution in [3.63, 3.8) is 0 Å². The highest BCUT2D eigenvalue weighted by Crippen LogP contribution is 2.30. The molecule has 1 heterocycles. The molecule has 0 amide bonds. The third kappa shape index (κ3) is 5.39. The highest BCUT2D eigenvalue weighted by Gasteiger charge is 2.32. The van der Waals surface area contributed by atoms with Gasteiger partial charge in [-0.15, -0.1) is 0 Å². The van der Waals surface area contributed by atoms with Crippen molar-refractivity contribution in [2.24, 2.45) is 5.41 Å². The van der Waals surface area contributed by atoms with Crippen molar-refractivity contribution in [3.8, 4) is 0 Å². The molecule has 1 saturated heterocycles. The van der Waals surface area contributed by atoms with E-state index in [0.717, 1.165) is 0 Å². The summed E-state index contributed by atoms with van der Waals surface area (Å²) < 4.78 is 0. The molecule has 2 heteroatoms. The van der Waals surface area contributed by atoms with E-state index in [2.05, 4.69) is 31.4 Å². The molecular formula is C15H32N2. The first-order valence-corrected chi connectivity index (χ1v) is 7.66. The van der Waals surface area contributed by atoms with Gasteiger partial charge in [0.15, 0.2) is 0 Å². The van der Waals surface area contributed by atoms with Gasteiger partial charge in [-0.2, -0.15) is 0 Å². The lowest BCUT2D eigenvalue weighted by Crippen LogP contribution is -2.40. The lowest BCUT2D eigenvalue weighted by molar-refractivity contribution is 0.262. The van der Waals surface area contributed by atoms with Gasteiger partial charge in [0.2, 0.25) is 0 Å². The Morgan fingerprint density at radius 3 is 2.65 bits per heavy atom. The van der Waals surface area contributed by atoms with E-state index in [1.165, 1.54) is 64.6 Å². The van der Waals surface area contributed by atoms with Gasteiger partial charge in [0.05, 0.1) is 0 Å². The van der Waals surface area contributed by atoms with E-state index < -0.39 is 0 Å². The minimum Gasteiger partial charge on any atom is -0.316 e. The summed E-state index contributed by atoms with van der Waals surface area (Å²) >= 11 is 0. The van der Waals surface area contributed by atoms with Crippen LogP contribution >= 0.6 is 0 Å². The fourth-order valence-electron chi connectivity index (χ4n) is 2.97. The van der Waals surface area contributed by atoms with Gasteiger partial charge in [-0.1, -0.05) is 39.5 Å². The molecule has 1 aliphatic heterocycles. The van der Waals surface area contributed by atoms with Crippen molar-refractivity contribution in [2.45, 2.75) is 71.8 Å². The van der Waals surface area contributed by atoms with Crippen LogP contribution in [0.15, 0.2) is 0 Å². The topological polar surface area (TPSA) is 24.1 Å². The Morgan fingerprint density at radius 1 is 1.24 bits per heavy atom. The van der Waals surface area contributed by atoms with Crippen LogP contribution in [0.25, 0.3) is 0 Å². The van der Waals surface area contributed by atoms with Crippen LogP contribution in [-0.4, -0.2) is 25.7 Å². The van der Waals surface area contributed by atoms with Crippen molar-refractivity contribution >= 4 is 0 Å². The van der Waals surface area contributed by atoms with Crippen LogP contribution in [0.3, 0.4) is 0 Å². The molecule has 0 aliphatic carbocycles. The second-order valence-electron chi connectivity index (χ2n) is 5.95. The molecule has 0 aromatic carbocycles. The predicted molar refractivity (Wildman–Crippen MR) is 76.4 cm³/mol. The minimum absolute atomic E-state index is 0.549. The van der Waals surface area contributed by atoms with Crippen LogP contribution in [0.4, 0.5) is 0 Å². The molecule has 17 heavy (non-hydrogen) atoms. The van der Waals surface area contributed by atoms with E-state index in [0.29, 0.717) is 11.5 Å². The summed E-state index contributed by atoms with van der Waals surface area (Å²) in [6.07, 6.45) is 9.47. The van der Waals surface area contributed by atoms with Crippen LogP contribution in [0.2, 0.25) is 0 Å². The quantitative estimate of drug-likeness (QED) is 0.604. The molecule has 0 aromatic heterocycles. The van der Waals surface area contributed by atoms with E-state index in [9.17, 15) is 0 Å². The van der Waals surface area contributed by atoms with E-state index in [1.807, 2.05) is 0 Å². The second kappa shape index (κ2) is 8.10. The molecule has 2 N–H and O–H groups in total. The number of hydrogen-bond acceptors (Lipinski definition) is 2. The standard InChI is InChI=1S/C15H32N2/c1-4-6-7-8-14(3)17-13-15(9-5-2)10-11-16-12-15/h14,16-17H,4-13H2,1-3H3. The molecule has 2 nitrogen and oxygen atoms in total. The Kier molecular flexibility index (Phi) is 7.14. The summed E-state index contributed by atoms with van der Waals surface area (Å²) in [4.78, 5) is 0. The van der Waals surface area contributed by atoms with Gasteiger partial charge < -0.3 is 10.6 Å². The second-order valence-corrected chi connectivity index (χ2v) is 5.95. The van der Waals surface area contributed by atoms with Crippen molar-refractivity contribution < 1.29 is 0 Å². The highest BCUT2D eigenvalue weighted by molar-refractivity contribution is 4.89. The summed E-state index contributed by atoms with van der Waals surface area (Å²) in [7, 11) is 0. The third-order valence-corrected chi connectivity index (χ3v) is 4.18. The lowest BCUT2D eigenvalue weighted by atomic mass is 9.82. The minimum atomic E-state index is 0.549. The average Bonchev–Trinajstić information content (AvgIpc) is 2.77. The van der Waals surface area contributed by atoms with Crippen LogP contribution in [-0.2, 0) is 0 Å². The number of hydrogen-bond donors (Lipinski definition) is 2. The Bertz CT molecular complexity index is 185. The van der Waals surface area contributed by atoms with Crippen LogP contribution < -0.4 is 10.6 Å². The molecule has 1 fully saturated rings. The number of nitrogens with one attached hydrogen (secondary N) is 2. The molecule has 0 aromatic rings. The zero-order valence-electron chi connectivity index (χ0n) is 12.1. The average molecular weight is 240 g/mol. The molecule has 2 unspecified atom stereocenters. The molecule has 102 valence electrons. The summed E-state index contributed by atoms with van der Waals surface area (Å²) in [5.74, 6) is 0. The van der Waals surface area contributed by atoms with Gasteiger partial charge >= 0.3 is 0 Å². The van der Waals surface area contributed by atoms with Crippen molar-refractivity contribution in [1.29, 1.82) is 0 Å². The first kappa shape index (κ1) is 15.0. The molecule has 1 rings (SSSR count). The van der Waals surface area contributed by atoms with Gasteiger partial charge in [-0.05, 0) is 38.1 Å². The van der Waals surface area contributed by atoms with Crippen LogP contribution in [0, 0.1) is 5.41 Å². The normalized spacial score (nSPS) is 26.3. The van der Waals surface area contributed by atoms with Gasteiger partial charge in [-0.25, -0.2) is 0 Å². The van der Waals surface area contributed by atoms with E-state index in [-0.39, 0.29) is 0 Å². The van der Waals surface area contributed by atoms with Gasteiger partial charge in [-0.3, -0.25) is 0 Å². The fourth-order valence-corrected chi connectivity index (χ4v) is 2.97. The monoisotopic (exact) mass is 240 g/mol. The van der Waals surface area contributed by atoms with Crippen molar-refractivity contribution in [1.82, 2.24) is 10.6 Å². The Balaban J connectivity index is 2.21. The Hall–Kier alpha value is -0.0800. The molecular weight excluding hydrogens is 208 g/mol. The Morgan fingerprint density at radius 2 is 2.06 bits per heavy atom. The van der Waals surface area contributed by atoms with E-state index in [4.69, 9.17) is 0 Å². The molecule has 0 spiro atoms. The lowest BCUT2D eigenvalue weighted by Gasteiger charge is -2.30. The maximum absolute atomic E-state index is 3.77. The van der Waals surface area contributed by atoms with Crippen molar-refractivity contribution in [3.05, 3.63) is 0 Å². The summed E-state index contributed by atoms with van der Waals surface area (Å²) in [6.45, 7) is 10.6. The molecule has 1 aliphatic rings. The fraction of sp³-hybridized carbons (Fsp3) is 1.00. The zero-order valence-corrected chi connectivity index (χ0v) is 12.1.